The molecule has 2 amide bonds. The maximum absolute atomic E-state index is 12.5. The van der Waals surface area contributed by atoms with Crippen molar-refractivity contribution in [2.45, 2.75) is 11.0 Å². The predicted octanol–water partition coefficient (Wildman–Crippen LogP) is 2.60. The number of hydrogen-bond acceptors (Lipinski definition) is 5. The van der Waals surface area contributed by atoms with E-state index in [4.69, 9.17) is 0 Å². The number of nitrogens with zero attached hydrogens (tertiary/aromatic N) is 1. The van der Waals surface area contributed by atoms with E-state index in [1.165, 1.54) is 4.90 Å². The number of hydrogen-bond donors (Lipinski definition) is 3. The van der Waals surface area contributed by atoms with Gasteiger partial charge in [-0.05, 0) is 23.6 Å². The molecule has 2 fully saturated rings. The van der Waals surface area contributed by atoms with Crippen LogP contribution in [-0.2, 0) is 5.54 Å². The lowest BCUT2D eigenvalue weighted by Gasteiger charge is -2.42. The number of thioether (sulfide) groups is 1. The quantitative estimate of drug-likeness (QED) is 0.752. The number of benzene rings is 1. The number of thiophene rings is 1. The van der Waals surface area contributed by atoms with E-state index in [0.717, 1.165) is 10.6 Å². The zero-order valence-corrected chi connectivity index (χ0v) is 15.6. The van der Waals surface area contributed by atoms with Gasteiger partial charge in [-0.2, -0.15) is 0 Å². The maximum atomic E-state index is 12.5. The first-order valence-electron chi connectivity index (χ1n) is 8.35. The van der Waals surface area contributed by atoms with Crippen LogP contribution in [-0.4, -0.2) is 46.3 Å². The van der Waals surface area contributed by atoms with Gasteiger partial charge < -0.3 is 15.3 Å². The van der Waals surface area contributed by atoms with Crippen LogP contribution in [0.3, 0.4) is 0 Å². The van der Waals surface area contributed by atoms with Crippen LogP contribution in [0.4, 0.5) is 4.79 Å². The van der Waals surface area contributed by atoms with Gasteiger partial charge in [0.05, 0.1) is 5.54 Å². The van der Waals surface area contributed by atoms with Gasteiger partial charge in [0.15, 0.2) is 0 Å². The van der Waals surface area contributed by atoms with Crippen molar-refractivity contribution in [1.82, 2.24) is 15.5 Å². The average Bonchev–Trinajstić information content (AvgIpc) is 3.30. The lowest BCUT2D eigenvalue weighted by molar-refractivity contribution is 0.0932. The largest absolute Gasteiger partial charge is 0.465 e. The monoisotopic (exact) mass is 389 g/mol. The van der Waals surface area contributed by atoms with Crippen LogP contribution >= 0.6 is 23.1 Å². The zero-order chi connectivity index (χ0) is 18.1. The molecule has 6 nitrogen and oxygen atoms in total. The molecule has 0 aliphatic carbocycles. The normalized spacial score (nSPS) is 27.8. The lowest BCUT2D eigenvalue weighted by Crippen LogP contribution is -2.60. The highest BCUT2D eigenvalue weighted by Gasteiger charge is 2.53. The summed E-state index contributed by atoms with van der Waals surface area (Å²) < 4.78 is 0. The molecule has 2 aliphatic heterocycles. The Kier molecular flexibility index (Phi) is 4.64. The van der Waals surface area contributed by atoms with Crippen molar-refractivity contribution in [3.8, 4) is 0 Å². The summed E-state index contributed by atoms with van der Waals surface area (Å²) in [6.07, 6.45) is -0.896. The van der Waals surface area contributed by atoms with Gasteiger partial charge in [-0.15, -0.1) is 23.1 Å². The summed E-state index contributed by atoms with van der Waals surface area (Å²) in [5.74, 6) is 0.824. The molecular weight excluding hydrogens is 370 g/mol. The second-order valence-corrected chi connectivity index (χ2v) is 8.59. The van der Waals surface area contributed by atoms with Crippen molar-refractivity contribution < 1.29 is 14.7 Å². The number of amides is 2. The minimum Gasteiger partial charge on any atom is -0.465 e. The Morgan fingerprint density at radius 1 is 1.23 bits per heavy atom. The minimum absolute atomic E-state index is 0.136. The van der Waals surface area contributed by atoms with Gasteiger partial charge in [0.1, 0.15) is 5.50 Å². The molecule has 0 spiro atoms. The zero-order valence-electron chi connectivity index (χ0n) is 13.9. The van der Waals surface area contributed by atoms with E-state index >= 15 is 0 Å². The predicted molar refractivity (Wildman–Crippen MR) is 102 cm³/mol. The second-order valence-electron chi connectivity index (χ2n) is 6.51. The van der Waals surface area contributed by atoms with E-state index < -0.39 is 11.6 Å². The van der Waals surface area contributed by atoms with Crippen molar-refractivity contribution in [2.24, 2.45) is 5.92 Å². The lowest BCUT2D eigenvalue weighted by atomic mass is 9.86. The van der Waals surface area contributed by atoms with E-state index in [-0.39, 0.29) is 17.3 Å². The number of fused-ring (bicyclic) bond motifs is 1. The van der Waals surface area contributed by atoms with Crippen LogP contribution in [0.25, 0.3) is 0 Å². The molecule has 2 aliphatic rings. The molecule has 3 heterocycles. The van der Waals surface area contributed by atoms with Crippen LogP contribution < -0.4 is 10.6 Å². The summed E-state index contributed by atoms with van der Waals surface area (Å²) in [4.78, 5) is 26.6. The third kappa shape index (κ3) is 3.08. The standard InChI is InChI=1S/C18H19N3O3S2/c22-15(12-5-2-1-3-6-12)19-16-20-18(14-7-4-8-25-14)11-21(17(23)24)9-13(18)10-26-16/h1-8,13,16,20H,9-11H2,(H,19,22)(H,23,24)/t13-,16?,18-/m0/s1. The highest BCUT2D eigenvalue weighted by atomic mass is 32.2. The summed E-state index contributed by atoms with van der Waals surface area (Å²) in [6.45, 7) is 0.901. The molecule has 2 aromatic rings. The van der Waals surface area contributed by atoms with Crippen molar-refractivity contribution in [3.05, 3.63) is 58.3 Å². The summed E-state index contributed by atoms with van der Waals surface area (Å²) in [5, 5.41) is 18.0. The molecular formula is C18H19N3O3S2. The van der Waals surface area contributed by atoms with Crippen LogP contribution in [0.5, 0.6) is 0 Å². The Labute approximate surface area is 159 Å². The minimum atomic E-state index is -0.896. The average molecular weight is 390 g/mol. The molecule has 3 atom stereocenters. The second kappa shape index (κ2) is 6.94. The van der Waals surface area contributed by atoms with Gasteiger partial charge in [-0.1, -0.05) is 24.3 Å². The number of nitrogens with one attached hydrogen (secondary N) is 2. The Morgan fingerprint density at radius 3 is 2.73 bits per heavy atom. The fourth-order valence-corrected chi connectivity index (χ4v) is 5.92. The number of carbonyl (C=O) groups is 2. The topological polar surface area (TPSA) is 81.7 Å². The summed E-state index contributed by atoms with van der Waals surface area (Å²) in [7, 11) is 0. The molecule has 0 saturated carbocycles. The highest BCUT2D eigenvalue weighted by molar-refractivity contribution is 7.99. The molecule has 0 radical (unpaired) electrons. The molecule has 3 N–H and O–H groups in total. The van der Waals surface area contributed by atoms with Gasteiger partial charge in [-0.3, -0.25) is 10.1 Å². The van der Waals surface area contributed by atoms with Gasteiger partial charge in [-0.25, -0.2) is 4.79 Å². The highest BCUT2D eigenvalue weighted by Crippen LogP contribution is 2.44. The molecule has 1 aromatic heterocycles. The summed E-state index contributed by atoms with van der Waals surface area (Å²) >= 11 is 3.24. The Morgan fingerprint density at radius 2 is 2.04 bits per heavy atom. The van der Waals surface area contributed by atoms with E-state index in [1.807, 2.05) is 35.7 Å². The van der Waals surface area contributed by atoms with Gasteiger partial charge in [0.2, 0.25) is 0 Å². The van der Waals surface area contributed by atoms with Gasteiger partial charge in [0, 0.05) is 35.2 Å². The van der Waals surface area contributed by atoms with E-state index in [9.17, 15) is 14.7 Å². The molecule has 26 heavy (non-hydrogen) atoms. The molecule has 8 heteroatoms. The van der Waals surface area contributed by atoms with E-state index in [2.05, 4.69) is 10.6 Å². The smallest absolute Gasteiger partial charge is 0.407 e. The third-order valence-electron chi connectivity index (χ3n) is 4.96. The molecule has 1 aromatic carbocycles. The first-order chi connectivity index (χ1) is 12.6. The number of carboxylic acid groups (broad SMARTS) is 1. The number of rotatable bonds is 3. The van der Waals surface area contributed by atoms with Crippen LogP contribution in [0.2, 0.25) is 0 Å². The summed E-state index contributed by atoms with van der Waals surface area (Å²) in [6, 6.07) is 13.1. The fraction of sp³-hybridized carbons (Fsp3) is 0.333. The Balaban J connectivity index is 1.56. The van der Waals surface area contributed by atoms with Crippen molar-refractivity contribution in [3.63, 3.8) is 0 Å². The number of carbonyl (C=O) groups excluding carboxylic acids is 1. The van der Waals surface area contributed by atoms with Gasteiger partial charge in [0.25, 0.3) is 5.91 Å². The maximum Gasteiger partial charge on any atom is 0.407 e. The Bertz CT molecular complexity index is 799. The third-order valence-corrected chi connectivity index (χ3v) is 7.17. The fourth-order valence-electron chi connectivity index (χ4n) is 3.66. The first kappa shape index (κ1) is 17.4. The molecule has 0 bridgehead atoms. The van der Waals surface area contributed by atoms with Crippen LogP contribution in [0, 0.1) is 5.92 Å². The van der Waals surface area contributed by atoms with Crippen molar-refractivity contribution >= 4 is 35.1 Å². The van der Waals surface area contributed by atoms with Crippen LogP contribution in [0.15, 0.2) is 47.8 Å². The molecule has 2 saturated heterocycles. The molecule has 4 rings (SSSR count). The van der Waals surface area contributed by atoms with Crippen molar-refractivity contribution in [1.29, 1.82) is 0 Å². The molecule has 136 valence electrons. The first-order valence-corrected chi connectivity index (χ1v) is 10.3. The SMILES string of the molecule is O=C(NC1N[C@@]2(c3cccs3)CN(C(=O)O)C[C@H]2CS1)c1ccccc1. The van der Waals surface area contributed by atoms with E-state index in [0.29, 0.717) is 18.7 Å². The van der Waals surface area contributed by atoms with Gasteiger partial charge >= 0.3 is 6.09 Å². The van der Waals surface area contributed by atoms with E-state index in [1.54, 1.807) is 35.2 Å². The van der Waals surface area contributed by atoms with Crippen LogP contribution in [0.1, 0.15) is 15.2 Å². The summed E-state index contributed by atoms with van der Waals surface area (Å²) in [5.41, 5.74) is -0.109. The van der Waals surface area contributed by atoms with Crippen molar-refractivity contribution in [2.75, 3.05) is 18.8 Å². The molecule has 1 unspecified atom stereocenters. The number of likely N-dealkylation sites (tertiary alicyclic amines) is 1. The Hall–Kier alpha value is -2.03.